The van der Waals surface area contributed by atoms with Gasteiger partial charge in [-0.1, -0.05) is 0 Å². The molecule has 0 N–H and O–H groups in total. The van der Waals surface area contributed by atoms with Gasteiger partial charge in [-0.05, 0) is 30.7 Å². The van der Waals surface area contributed by atoms with Gasteiger partial charge in [0.05, 0.1) is 7.11 Å². The molecule has 1 aromatic carbocycles. The molecule has 0 atom stereocenters. The van der Waals surface area contributed by atoms with E-state index in [0.717, 1.165) is 10.5 Å². The van der Waals surface area contributed by atoms with Gasteiger partial charge in [-0.2, -0.15) is 13.2 Å². The maximum atomic E-state index is 12.2. The normalized spacial score (nSPS) is 11.4. The highest BCUT2D eigenvalue weighted by Gasteiger charge is 2.29. The van der Waals surface area contributed by atoms with Crippen molar-refractivity contribution in [2.24, 2.45) is 0 Å². The Labute approximate surface area is 92.6 Å². The molecule has 0 aliphatic heterocycles. The van der Waals surface area contributed by atoms with Crippen LogP contribution in [0.15, 0.2) is 18.2 Å². The Morgan fingerprint density at radius 1 is 1.31 bits per heavy atom. The van der Waals surface area contributed by atoms with Crippen LogP contribution in [0.5, 0.6) is 5.75 Å². The summed E-state index contributed by atoms with van der Waals surface area (Å²) in [5, 5.41) is 0. The quantitative estimate of drug-likeness (QED) is 0.795. The van der Waals surface area contributed by atoms with E-state index in [1.165, 1.54) is 14.2 Å². The number of halogens is 3. The highest BCUT2D eigenvalue weighted by atomic mass is 19.4. The highest BCUT2D eigenvalue weighted by molar-refractivity contribution is 5.52. The first kappa shape index (κ1) is 12.7. The minimum absolute atomic E-state index is 0.524. The number of benzene rings is 1. The van der Waals surface area contributed by atoms with E-state index < -0.39 is 12.7 Å². The molecule has 0 heterocycles. The molecule has 16 heavy (non-hydrogen) atoms. The molecule has 0 saturated heterocycles. The molecule has 0 aromatic heterocycles. The molecule has 0 bridgehead atoms. The molecule has 90 valence electrons. The van der Waals surface area contributed by atoms with Crippen LogP contribution in [0.4, 0.5) is 18.9 Å². The van der Waals surface area contributed by atoms with E-state index in [-0.39, 0.29) is 0 Å². The van der Waals surface area contributed by atoms with E-state index in [0.29, 0.717) is 11.4 Å². The number of alkyl halides is 3. The fourth-order valence-electron chi connectivity index (χ4n) is 1.46. The summed E-state index contributed by atoms with van der Waals surface area (Å²) >= 11 is 0. The predicted molar refractivity (Wildman–Crippen MR) is 57.1 cm³/mol. The molecule has 1 rings (SSSR count). The van der Waals surface area contributed by atoms with Gasteiger partial charge in [0.1, 0.15) is 12.3 Å². The molecule has 2 nitrogen and oxygen atoms in total. The fraction of sp³-hybridized carbons (Fsp3) is 0.455. The average Bonchev–Trinajstić information content (AvgIpc) is 2.15. The molecule has 0 saturated carbocycles. The van der Waals surface area contributed by atoms with E-state index in [2.05, 4.69) is 0 Å². The first-order chi connectivity index (χ1) is 7.33. The van der Waals surface area contributed by atoms with Crippen LogP contribution in [-0.4, -0.2) is 26.9 Å². The first-order valence-electron chi connectivity index (χ1n) is 4.76. The smallest absolute Gasteiger partial charge is 0.405 e. The Morgan fingerprint density at radius 3 is 2.38 bits per heavy atom. The summed E-state index contributed by atoms with van der Waals surface area (Å²) in [6, 6.07) is 4.94. The lowest BCUT2D eigenvalue weighted by atomic mass is 10.2. The van der Waals surface area contributed by atoms with Gasteiger partial charge in [-0.25, -0.2) is 0 Å². The number of rotatable bonds is 3. The van der Waals surface area contributed by atoms with E-state index in [9.17, 15) is 13.2 Å². The number of methoxy groups -OCH3 is 1. The zero-order chi connectivity index (χ0) is 12.3. The van der Waals surface area contributed by atoms with Crippen LogP contribution in [0.1, 0.15) is 5.56 Å². The van der Waals surface area contributed by atoms with Gasteiger partial charge in [-0.3, -0.25) is 0 Å². The third kappa shape index (κ3) is 3.32. The Kier molecular flexibility index (Phi) is 3.67. The second kappa shape index (κ2) is 4.63. The van der Waals surface area contributed by atoms with Crippen LogP contribution in [0.3, 0.4) is 0 Å². The van der Waals surface area contributed by atoms with Crippen LogP contribution >= 0.6 is 0 Å². The molecule has 0 aliphatic rings. The fourth-order valence-corrected chi connectivity index (χ4v) is 1.46. The van der Waals surface area contributed by atoms with Gasteiger partial charge in [0.2, 0.25) is 0 Å². The predicted octanol–water partition coefficient (Wildman–Crippen LogP) is 3.00. The number of ether oxygens (including phenoxy) is 1. The van der Waals surface area contributed by atoms with E-state index in [4.69, 9.17) is 4.74 Å². The molecule has 0 spiro atoms. The summed E-state index contributed by atoms with van der Waals surface area (Å²) in [6.45, 7) is 0.836. The molecule has 0 aliphatic carbocycles. The number of anilines is 1. The summed E-state index contributed by atoms with van der Waals surface area (Å²) in [6.07, 6.45) is -4.19. The number of hydrogen-bond donors (Lipinski definition) is 0. The van der Waals surface area contributed by atoms with Crippen molar-refractivity contribution in [3.05, 3.63) is 23.8 Å². The summed E-state index contributed by atoms with van der Waals surface area (Å²) < 4.78 is 41.6. The average molecular weight is 233 g/mol. The monoisotopic (exact) mass is 233 g/mol. The Bertz CT molecular complexity index is 363. The van der Waals surface area contributed by atoms with Crippen LogP contribution in [0.2, 0.25) is 0 Å². The van der Waals surface area contributed by atoms with Gasteiger partial charge in [0.15, 0.2) is 0 Å². The summed E-state index contributed by atoms with van der Waals surface area (Å²) in [5.74, 6) is 0.671. The lowest BCUT2D eigenvalue weighted by Gasteiger charge is -2.21. The standard InChI is InChI=1S/C11H14F3NO/c1-8-6-9(4-5-10(8)16-3)15(2)7-11(12,13)14/h4-6H,7H2,1-3H3. The van der Waals surface area contributed by atoms with Crippen molar-refractivity contribution in [2.45, 2.75) is 13.1 Å². The Hall–Kier alpha value is -1.39. The van der Waals surface area contributed by atoms with Crippen molar-refractivity contribution in [1.82, 2.24) is 0 Å². The van der Waals surface area contributed by atoms with Crippen LogP contribution < -0.4 is 9.64 Å². The maximum absolute atomic E-state index is 12.2. The Balaban J connectivity index is 2.85. The zero-order valence-corrected chi connectivity index (χ0v) is 9.43. The van der Waals surface area contributed by atoms with E-state index >= 15 is 0 Å². The van der Waals surface area contributed by atoms with Gasteiger partial charge in [-0.15, -0.1) is 0 Å². The van der Waals surface area contributed by atoms with Crippen LogP contribution in [-0.2, 0) is 0 Å². The third-order valence-corrected chi connectivity index (χ3v) is 2.24. The largest absolute Gasteiger partial charge is 0.496 e. The van der Waals surface area contributed by atoms with Gasteiger partial charge in [0.25, 0.3) is 0 Å². The van der Waals surface area contributed by atoms with Gasteiger partial charge >= 0.3 is 6.18 Å². The molecule has 1 aromatic rings. The summed E-state index contributed by atoms with van der Waals surface area (Å²) in [5.41, 5.74) is 1.34. The number of aryl methyl sites for hydroxylation is 1. The van der Waals surface area contributed by atoms with Crippen molar-refractivity contribution in [1.29, 1.82) is 0 Å². The van der Waals surface area contributed by atoms with Crippen molar-refractivity contribution < 1.29 is 17.9 Å². The second-order valence-corrected chi connectivity index (χ2v) is 3.63. The number of nitrogens with zero attached hydrogens (tertiary/aromatic N) is 1. The van der Waals surface area contributed by atoms with Crippen molar-refractivity contribution >= 4 is 5.69 Å². The van der Waals surface area contributed by atoms with E-state index in [1.54, 1.807) is 25.1 Å². The summed E-state index contributed by atoms with van der Waals surface area (Å²) in [4.78, 5) is 1.16. The maximum Gasteiger partial charge on any atom is 0.405 e. The summed E-state index contributed by atoms with van der Waals surface area (Å²) in [7, 11) is 2.94. The van der Waals surface area contributed by atoms with Gasteiger partial charge in [0, 0.05) is 12.7 Å². The zero-order valence-electron chi connectivity index (χ0n) is 9.43. The molecule has 0 unspecified atom stereocenters. The topological polar surface area (TPSA) is 12.5 Å². The lowest BCUT2D eigenvalue weighted by Crippen LogP contribution is -2.30. The molecule has 5 heteroatoms. The highest BCUT2D eigenvalue weighted by Crippen LogP contribution is 2.25. The molecule has 0 fully saturated rings. The SMILES string of the molecule is COc1ccc(N(C)CC(F)(F)F)cc1C. The van der Waals surface area contributed by atoms with E-state index in [1.807, 2.05) is 0 Å². The van der Waals surface area contributed by atoms with Crippen molar-refractivity contribution in [3.8, 4) is 5.75 Å². The molecular weight excluding hydrogens is 219 g/mol. The van der Waals surface area contributed by atoms with Gasteiger partial charge < -0.3 is 9.64 Å². The third-order valence-electron chi connectivity index (χ3n) is 2.24. The molecular formula is C11H14F3NO. The minimum Gasteiger partial charge on any atom is -0.496 e. The van der Waals surface area contributed by atoms with Crippen molar-refractivity contribution in [2.75, 3.05) is 25.6 Å². The lowest BCUT2D eigenvalue weighted by molar-refractivity contribution is -0.119. The minimum atomic E-state index is -4.19. The molecule has 0 amide bonds. The van der Waals surface area contributed by atoms with Crippen LogP contribution in [0.25, 0.3) is 0 Å². The van der Waals surface area contributed by atoms with Crippen LogP contribution in [0, 0.1) is 6.92 Å². The second-order valence-electron chi connectivity index (χ2n) is 3.63. The number of hydrogen-bond acceptors (Lipinski definition) is 2. The first-order valence-corrected chi connectivity index (χ1v) is 4.76. The molecule has 0 radical (unpaired) electrons. The van der Waals surface area contributed by atoms with Crippen molar-refractivity contribution in [3.63, 3.8) is 0 Å². The Morgan fingerprint density at radius 2 is 1.94 bits per heavy atom.